The number of rotatable bonds is 3. The number of nitrogens with zero attached hydrogens (tertiary/aromatic N) is 2. The summed E-state index contributed by atoms with van der Waals surface area (Å²) in [7, 11) is 0. The minimum absolute atomic E-state index is 0.483. The molecule has 2 aromatic rings. The van der Waals surface area contributed by atoms with Gasteiger partial charge in [-0.3, -0.25) is 0 Å². The first kappa shape index (κ1) is 12.5. The first-order valence-corrected chi connectivity index (χ1v) is 6.70. The van der Waals surface area contributed by atoms with Crippen LogP contribution in [0.1, 0.15) is 18.6 Å². The van der Waals surface area contributed by atoms with Crippen molar-refractivity contribution in [2.24, 2.45) is 0 Å². The highest BCUT2D eigenvalue weighted by Gasteiger charge is 2.05. The summed E-state index contributed by atoms with van der Waals surface area (Å²) < 4.78 is 0.950. The summed E-state index contributed by atoms with van der Waals surface area (Å²) in [6.07, 6.45) is 2.95. The molecule has 2 aromatic heterocycles. The van der Waals surface area contributed by atoms with Gasteiger partial charge in [-0.25, -0.2) is 9.97 Å². The number of hydrogen-bond acceptors (Lipinski definition) is 4. The van der Waals surface area contributed by atoms with Crippen molar-refractivity contribution >= 4 is 27.7 Å². The average molecular weight is 311 g/mol. The van der Waals surface area contributed by atoms with Crippen molar-refractivity contribution in [2.45, 2.75) is 23.1 Å². The normalized spacial score (nSPS) is 12.4. The molecule has 0 spiro atoms. The molecule has 3 nitrogen and oxygen atoms in total. The summed E-state index contributed by atoms with van der Waals surface area (Å²) in [5.41, 5.74) is 0.814. The van der Waals surface area contributed by atoms with Crippen LogP contribution >= 0.6 is 27.7 Å². The zero-order valence-electron chi connectivity index (χ0n) is 9.17. The number of aliphatic hydroxyl groups excluding tert-OH is 1. The maximum atomic E-state index is 9.38. The Morgan fingerprint density at radius 1 is 1.29 bits per heavy atom. The highest BCUT2D eigenvalue weighted by atomic mass is 79.9. The molecular formula is C12H11BrN2OS. The maximum Gasteiger partial charge on any atom is 0.116 e. The molecule has 0 aliphatic rings. The van der Waals surface area contributed by atoms with Crippen LogP contribution in [0.4, 0.5) is 0 Å². The maximum absolute atomic E-state index is 9.38. The van der Waals surface area contributed by atoms with Gasteiger partial charge in [-0.15, -0.1) is 0 Å². The van der Waals surface area contributed by atoms with Crippen molar-refractivity contribution in [3.05, 3.63) is 46.7 Å². The largest absolute Gasteiger partial charge is 0.389 e. The van der Waals surface area contributed by atoms with Gasteiger partial charge in [0.2, 0.25) is 0 Å². The lowest BCUT2D eigenvalue weighted by Crippen LogP contribution is -1.92. The highest BCUT2D eigenvalue weighted by Crippen LogP contribution is 2.30. The van der Waals surface area contributed by atoms with Gasteiger partial charge in [-0.05, 0) is 58.4 Å². The minimum atomic E-state index is -0.483. The summed E-state index contributed by atoms with van der Waals surface area (Å²) in [6, 6.07) is 7.57. The van der Waals surface area contributed by atoms with Gasteiger partial charge in [0.25, 0.3) is 0 Å². The fourth-order valence-corrected chi connectivity index (χ4v) is 2.46. The quantitative estimate of drug-likeness (QED) is 0.943. The van der Waals surface area contributed by atoms with E-state index in [-0.39, 0.29) is 0 Å². The topological polar surface area (TPSA) is 46.0 Å². The smallest absolute Gasteiger partial charge is 0.116 e. The van der Waals surface area contributed by atoms with Crippen molar-refractivity contribution < 1.29 is 5.11 Å². The molecule has 0 aliphatic heterocycles. The fourth-order valence-electron chi connectivity index (χ4n) is 1.24. The van der Waals surface area contributed by atoms with Gasteiger partial charge in [0, 0.05) is 12.4 Å². The van der Waals surface area contributed by atoms with E-state index in [0.29, 0.717) is 0 Å². The molecule has 0 fully saturated rings. The molecule has 1 N–H and O–H groups in total. The molecule has 0 saturated carbocycles. The second kappa shape index (κ2) is 5.62. The molecule has 17 heavy (non-hydrogen) atoms. The molecule has 0 aliphatic carbocycles. The van der Waals surface area contributed by atoms with Crippen LogP contribution in [0.25, 0.3) is 0 Å². The van der Waals surface area contributed by atoms with E-state index in [4.69, 9.17) is 0 Å². The average Bonchev–Trinajstić information content (AvgIpc) is 2.33. The molecule has 1 atom stereocenters. The van der Waals surface area contributed by atoms with Gasteiger partial charge in [0.05, 0.1) is 10.6 Å². The van der Waals surface area contributed by atoms with Crippen LogP contribution in [-0.4, -0.2) is 15.1 Å². The van der Waals surface area contributed by atoms with Crippen LogP contribution in [0.2, 0.25) is 0 Å². The fraction of sp³-hybridized carbons (Fsp3) is 0.167. The van der Waals surface area contributed by atoms with Gasteiger partial charge < -0.3 is 5.11 Å². The third kappa shape index (κ3) is 3.28. The van der Waals surface area contributed by atoms with E-state index in [1.165, 1.54) is 11.8 Å². The Balaban J connectivity index is 2.17. The van der Waals surface area contributed by atoms with Crippen molar-refractivity contribution in [2.75, 3.05) is 0 Å². The summed E-state index contributed by atoms with van der Waals surface area (Å²) in [6.45, 7) is 1.72. The van der Waals surface area contributed by atoms with Crippen LogP contribution in [0, 0.1) is 0 Å². The lowest BCUT2D eigenvalue weighted by molar-refractivity contribution is 0.198. The Morgan fingerprint density at radius 3 is 2.71 bits per heavy atom. The second-order valence-electron chi connectivity index (χ2n) is 3.50. The van der Waals surface area contributed by atoms with E-state index < -0.39 is 6.10 Å². The molecule has 2 rings (SSSR count). The molecule has 0 radical (unpaired) electrons. The van der Waals surface area contributed by atoms with Crippen LogP contribution < -0.4 is 0 Å². The number of hydrogen-bond donors (Lipinski definition) is 1. The van der Waals surface area contributed by atoms with Crippen LogP contribution in [0.5, 0.6) is 0 Å². The lowest BCUT2D eigenvalue weighted by atomic mass is 10.2. The van der Waals surface area contributed by atoms with E-state index in [9.17, 15) is 5.11 Å². The summed E-state index contributed by atoms with van der Waals surface area (Å²) in [5.74, 6) is 0. The van der Waals surface area contributed by atoms with E-state index in [2.05, 4.69) is 25.9 Å². The van der Waals surface area contributed by atoms with Crippen molar-refractivity contribution in [3.63, 3.8) is 0 Å². The van der Waals surface area contributed by atoms with E-state index in [1.807, 2.05) is 24.3 Å². The van der Waals surface area contributed by atoms with E-state index >= 15 is 0 Å². The van der Waals surface area contributed by atoms with Crippen molar-refractivity contribution in [1.82, 2.24) is 9.97 Å². The summed E-state index contributed by atoms with van der Waals surface area (Å²) in [4.78, 5) is 8.54. The summed E-state index contributed by atoms with van der Waals surface area (Å²) in [5, 5.41) is 11.1. The Labute approximate surface area is 112 Å². The third-order valence-electron chi connectivity index (χ3n) is 2.17. The number of aromatic nitrogens is 2. The number of pyridine rings is 2. The van der Waals surface area contributed by atoms with Crippen molar-refractivity contribution in [3.8, 4) is 0 Å². The van der Waals surface area contributed by atoms with Gasteiger partial charge >= 0.3 is 0 Å². The summed E-state index contributed by atoms with van der Waals surface area (Å²) >= 11 is 4.92. The monoisotopic (exact) mass is 310 g/mol. The SMILES string of the molecule is C[C@H](O)c1ccc(Sc2ncccc2Br)nc1. The van der Waals surface area contributed by atoms with Crippen LogP contribution in [-0.2, 0) is 0 Å². The predicted molar refractivity (Wildman–Crippen MR) is 70.9 cm³/mol. The molecule has 0 unspecified atom stereocenters. The zero-order valence-corrected chi connectivity index (χ0v) is 11.6. The van der Waals surface area contributed by atoms with Crippen molar-refractivity contribution in [1.29, 1.82) is 0 Å². The Kier molecular flexibility index (Phi) is 4.15. The van der Waals surface area contributed by atoms with Gasteiger partial charge in [-0.2, -0.15) is 0 Å². The Bertz CT molecular complexity index is 502. The molecule has 0 bridgehead atoms. The number of halogens is 1. The lowest BCUT2D eigenvalue weighted by Gasteiger charge is -2.05. The molecular weight excluding hydrogens is 300 g/mol. The first-order chi connectivity index (χ1) is 8.16. The zero-order chi connectivity index (χ0) is 12.3. The van der Waals surface area contributed by atoms with E-state index in [1.54, 1.807) is 19.3 Å². The standard InChI is InChI=1S/C12H11BrN2OS/c1-8(16)9-4-5-11(15-7-9)17-12-10(13)3-2-6-14-12/h2-8,16H,1H3/t8-/m0/s1. The molecule has 2 heterocycles. The Hall–Kier alpha value is -0.910. The van der Waals surface area contributed by atoms with Gasteiger partial charge in [0.15, 0.2) is 0 Å². The molecule has 0 aromatic carbocycles. The van der Waals surface area contributed by atoms with Crippen LogP contribution in [0.3, 0.4) is 0 Å². The predicted octanol–water partition coefficient (Wildman–Crippen LogP) is 3.44. The van der Waals surface area contributed by atoms with Crippen LogP contribution in [0.15, 0.2) is 51.2 Å². The molecule has 88 valence electrons. The first-order valence-electron chi connectivity index (χ1n) is 5.09. The van der Waals surface area contributed by atoms with Gasteiger partial charge in [0.1, 0.15) is 10.1 Å². The minimum Gasteiger partial charge on any atom is -0.389 e. The molecule has 0 amide bonds. The van der Waals surface area contributed by atoms with E-state index in [0.717, 1.165) is 20.1 Å². The highest BCUT2D eigenvalue weighted by molar-refractivity contribution is 9.10. The molecule has 5 heteroatoms. The third-order valence-corrected chi connectivity index (χ3v) is 4.04. The molecule has 0 saturated heterocycles. The Morgan fingerprint density at radius 2 is 2.12 bits per heavy atom. The van der Waals surface area contributed by atoms with Gasteiger partial charge in [-0.1, -0.05) is 6.07 Å². The second-order valence-corrected chi connectivity index (χ2v) is 5.36. The number of aliphatic hydroxyl groups is 1.